The van der Waals surface area contributed by atoms with E-state index in [9.17, 15) is 10.1 Å². The van der Waals surface area contributed by atoms with Gasteiger partial charge in [0.1, 0.15) is 0 Å². The number of rotatable bonds is 5. The molecule has 7 heteroatoms. The second kappa shape index (κ2) is 5.44. The fourth-order valence-corrected chi connectivity index (χ4v) is 1.06. The second-order valence-corrected chi connectivity index (χ2v) is 4.02. The molecule has 1 heterocycles. The van der Waals surface area contributed by atoms with Crippen LogP contribution in [0.3, 0.4) is 0 Å². The van der Waals surface area contributed by atoms with E-state index in [1.807, 2.05) is 20.8 Å². The third-order valence-electron chi connectivity index (χ3n) is 2.39. The molecule has 0 spiro atoms. The lowest BCUT2D eigenvalue weighted by Crippen LogP contribution is -2.20. The van der Waals surface area contributed by atoms with E-state index >= 15 is 0 Å². The zero-order valence-electron chi connectivity index (χ0n) is 10.0. The Kier molecular flexibility index (Phi) is 4.22. The lowest BCUT2D eigenvalue weighted by molar-refractivity contribution is -0.384. The zero-order valence-corrected chi connectivity index (χ0v) is 10.0. The number of aromatic nitrogens is 1. The van der Waals surface area contributed by atoms with Crippen molar-refractivity contribution in [2.24, 2.45) is 11.8 Å². The Balaban J connectivity index is 2.98. The SMILES string of the molecule is CC(C)C(C)Oc1cc([N+](=O)[O-])cc(NN)n1. The Morgan fingerprint density at radius 1 is 1.47 bits per heavy atom. The summed E-state index contributed by atoms with van der Waals surface area (Å²) in [7, 11) is 0. The van der Waals surface area contributed by atoms with E-state index in [2.05, 4.69) is 10.4 Å². The lowest BCUT2D eigenvalue weighted by atomic mass is 10.1. The van der Waals surface area contributed by atoms with Crippen molar-refractivity contribution < 1.29 is 9.66 Å². The van der Waals surface area contributed by atoms with E-state index < -0.39 is 4.92 Å². The summed E-state index contributed by atoms with van der Waals surface area (Å²) in [5.74, 6) is 5.86. The smallest absolute Gasteiger partial charge is 0.278 e. The first kappa shape index (κ1) is 13.2. The van der Waals surface area contributed by atoms with Gasteiger partial charge in [-0.3, -0.25) is 10.1 Å². The molecule has 1 unspecified atom stereocenters. The van der Waals surface area contributed by atoms with Gasteiger partial charge in [0.05, 0.1) is 23.2 Å². The number of nitrogens with one attached hydrogen (secondary N) is 1. The van der Waals surface area contributed by atoms with E-state index in [0.717, 1.165) is 0 Å². The molecule has 1 atom stereocenters. The van der Waals surface area contributed by atoms with Crippen molar-refractivity contribution in [2.75, 3.05) is 5.43 Å². The van der Waals surface area contributed by atoms with Crippen molar-refractivity contribution in [3.63, 3.8) is 0 Å². The molecular formula is C10H16N4O3. The maximum Gasteiger partial charge on any atom is 0.278 e. The molecule has 1 rings (SSSR count). The van der Waals surface area contributed by atoms with Gasteiger partial charge in [0.25, 0.3) is 5.69 Å². The Labute approximate surface area is 99.1 Å². The highest BCUT2D eigenvalue weighted by Gasteiger charge is 2.15. The Morgan fingerprint density at radius 3 is 2.59 bits per heavy atom. The molecule has 0 amide bonds. The van der Waals surface area contributed by atoms with Crippen LogP contribution >= 0.6 is 0 Å². The molecule has 0 aromatic carbocycles. The van der Waals surface area contributed by atoms with E-state index in [1.165, 1.54) is 12.1 Å². The molecule has 0 saturated carbocycles. The summed E-state index contributed by atoms with van der Waals surface area (Å²) in [6.07, 6.45) is -0.0878. The van der Waals surface area contributed by atoms with Crippen LogP contribution in [0.4, 0.5) is 11.5 Å². The Hall–Kier alpha value is -1.89. The topological polar surface area (TPSA) is 103 Å². The molecule has 0 fully saturated rings. The summed E-state index contributed by atoms with van der Waals surface area (Å²) in [4.78, 5) is 14.2. The Morgan fingerprint density at radius 2 is 2.12 bits per heavy atom. The van der Waals surface area contributed by atoms with Crippen LogP contribution in [0.25, 0.3) is 0 Å². The number of pyridine rings is 1. The van der Waals surface area contributed by atoms with Crippen molar-refractivity contribution >= 4 is 11.5 Å². The Bertz CT molecular complexity index is 409. The van der Waals surface area contributed by atoms with Crippen LogP contribution in [0, 0.1) is 16.0 Å². The number of anilines is 1. The summed E-state index contributed by atoms with van der Waals surface area (Å²) < 4.78 is 5.50. The molecule has 17 heavy (non-hydrogen) atoms. The largest absolute Gasteiger partial charge is 0.474 e. The van der Waals surface area contributed by atoms with Crippen LogP contribution < -0.4 is 16.0 Å². The van der Waals surface area contributed by atoms with Gasteiger partial charge in [0, 0.05) is 0 Å². The highest BCUT2D eigenvalue weighted by Crippen LogP contribution is 2.23. The average molecular weight is 240 g/mol. The van der Waals surface area contributed by atoms with Crippen molar-refractivity contribution in [3.05, 3.63) is 22.2 Å². The van der Waals surface area contributed by atoms with E-state index in [4.69, 9.17) is 10.6 Å². The van der Waals surface area contributed by atoms with Gasteiger partial charge < -0.3 is 10.2 Å². The highest BCUT2D eigenvalue weighted by atomic mass is 16.6. The maximum atomic E-state index is 10.7. The maximum absolute atomic E-state index is 10.7. The molecule has 0 aliphatic rings. The summed E-state index contributed by atoms with van der Waals surface area (Å²) in [6, 6.07) is 2.52. The summed E-state index contributed by atoms with van der Waals surface area (Å²) in [5, 5.41) is 10.7. The number of hydrogen-bond acceptors (Lipinski definition) is 6. The van der Waals surface area contributed by atoms with Crippen LogP contribution in [-0.2, 0) is 0 Å². The fraction of sp³-hybridized carbons (Fsp3) is 0.500. The third kappa shape index (κ3) is 3.56. The van der Waals surface area contributed by atoms with Crippen molar-refractivity contribution in [2.45, 2.75) is 26.9 Å². The number of nitrogens with two attached hydrogens (primary N) is 1. The van der Waals surface area contributed by atoms with Gasteiger partial charge in [0.15, 0.2) is 5.82 Å². The second-order valence-electron chi connectivity index (χ2n) is 4.02. The van der Waals surface area contributed by atoms with Crippen LogP contribution in [-0.4, -0.2) is 16.0 Å². The van der Waals surface area contributed by atoms with Crippen molar-refractivity contribution in [1.82, 2.24) is 4.98 Å². The first-order valence-electron chi connectivity index (χ1n) is 5.23. The summed E-state index contributed by atoms with van der Waals surface area (Å²) in [6.45, 7) is 5.86. The minimum absolute atomic E-state index is 0.0878. The van der Waals surface area contributed by atoms with E-state index in [1.54, 1.807) is 0 Å². The first-order chi connectivity index (χ1) is 7.93. The average Bonchev–Trinajstić information content (AvgIpc) is 2.28. The first-order valence-corrected chi connectivity index (χ1v) is 5.23. The van der Waals surface area contributed by atoms with Gasteiger partial charge in [-0.05, 0) is 12.8 Å². The van der Waals surface area contributed by atoms with Gasteiger partial charge >= 0.3 is 0 Å². The predicted octanol–water partition coefficient (Wildman–Crippen LogP) is 1.70. The lowest BCUT2D eigenvalue weighted by Gasteiger charge is -2.17. The minimum atomic E-state index is -0.518. The fourth-order valence-electron chi connectivity index (χ4n) is 1.06. The van der Waals surface area contributed by atoms with Crippen LogP contribution in [0.15, 0.2) is 12.1 Å². The monoisotopic (exact) mass is 240 g/mol. The molecule has 7 nitrogen and oxygen atoms in total. The van der Waals surface area contributed by atoms with E-state index in [0.29, 0.717) is 0 Å². The van der Waals surface area contributed by atoms with Crippen LogP contribution in [0.1, 0.15) is 20.8 Å². The van der Waals surface area contributed by atoms with Crippen LogP contribution in [0.5, 0.6) is 5.88 Å². The van der Waals surface area contributed by atoms with Gasteiger partial charge in [-0.25, -0.2) is 5.84 Å². The highest BCUT2D eigenvalue weighted by molar-refractivity contribution is 5.47. The van der Waals surface area contributed by atoms with Crippen molar-refractivity contribution in [1.29, 1.82) is 0 Å². The molecule has 0 saturated heterocycles. The zero-order chi connectivity index (χ0) is 13.0. The number of nitro groups is 1. The number of nitrogen functional groups attached to an aromatic ring is 1. The molecule has 1 aromatic rings. The van der Waals surface area contributed by atoms with Crippen molar-refractivity contribution in [3.8, 4) is 5.88 Å². The van der Waals surface area contributed by atoms with Gasteiger partial charge in [-0.1, -0.05) is 13.8 Å². The molecule has 0 aliphatic heterocycles. The number of nitrogens with zero attached hydrogens (tertiary/aromatic N) is 2. The minimum Gasteiger partial charge on any atom is -0.474 e. The molecule has 3 N–H and O–H groups in total. The quantitative estimate of drug-likeness (QED) is 0.461. The number of hydrazine groups is 1. The summed E-state index contributed by atoms with van der Waals surface area (Å²) in [5.41, 5.74) is 2.16. The number of hydrogen-bond donors (Lipinski definition) is 2. The molecule has 0 bridgehead atoms. The molecule has 0 radical (unpaired) electrons. The summed E-state index contributed by atoms with van der Waals surface area (Å²) >= 11 is 0. The number of ether oxygens (including phenoxy) is 1. The third-order valence-corrected chi connectivity index (χ3v) is 2.39. The van der Waals surface area contributed by atoms with Gasteiger partial charge in [0.2, 0.25) is 5.88 Å². The standard InChI is InChI=1S/C10H16N4O3/c1-6(2)7(3)17-10-5-8(14(15)16)4-9(12-10)13-11/h4-7H,11H2,1-3H3,(H,12,13). The predicted molar refractivity (Wildman–Crippen MR) is 63.6 cm³/mol. The van der Waals surface area contributed by atoms with E-state index in [-0.39, 0.29) is 29.4 Å². The molecule has 1 aromatic heterocycles. The molecule has 0 aliphatic carbocycles. The van der Waals surface area contributed by atoms with Gasteiger partial charge in [-0.15, -0.1) is 0 Å². The molecular weight excluding hydrogens is 224 g/mol. The van der Waals surface area contributed by atoms with Crippen LogP contribution in [0.2, 0.25) is 0 Å². The molecule has 94 valence electrons. The van der Waals surface area contributed by atoms with Gasteiger partial charge in [-0.2, -0.15) is 4.98 Å². The normalized spacial score (nSPS) is 12.3.